The lowest BCUT2D eigenvalue weighted by molar-refractivity contribution is 0.420. The maximum Gasteiger partial charge on any atom is 0.136 e. The molecule has 7 rings (SSSR count). The van der Waals surface area contributed by atoms with E-state index in [0.29, 0.717) is 0 Å². The van der Waals surface area contributed by atoms with Gasteiger partial charge in [0.1, 0.15) is 5.75 Å². The van der Waals surface area contributed by atoms with Crippen LogP contribution in [0.25, 0.3) is 63.9 Å². The van der Waals surface area contributed by atoms with E-state index in [9.17, 15) is 0 Å². The number of nitrogens with one attached hydrogen (secondary N) is 1. The molecule has 0 aliphatic carbocycles. The van der Waals surface area contributed by atoms with Gasteiger partial charge in [-0.25, -0.2) is 0 Å². The minimum atomic E-state index is 0.932. The number of rotatable bonds is 2. The highest BCUT2D eigenvalue weighted by Gasteiger charge is 2.19. The van der Waals surface area contributed by atoms with Crippen LogP contribution in [0.4, 0.5) is 0 Å². The molecule has 0 saturated heterocycles. The zero-order valence-electron chi connectivity index (χ0n) is 19.8. The molecule has 170 valence electrons. The number of ether oxygens (including phenoxy) is 1. The molecule has 0 aliphatic heterocycles. The molecule has 2 aromatic heterocycles. The Balaban J connectivity index is 0.000000727. The summed E-state index contributed by atoms with van der Waals surface area (Å²) in [6.45, 7) is 5.25. The summed E-state index contributed by atoms with van der Waals surface area (Å²) in [7, 11) is 1.75. The number of aromatic amines is 1. The van der Waals surface area contributed by atoms with Crippen molar-refractivity contribution >= 4 is 64.1 Å². The fraction of sp³-hybridized carbons (Fsp3) is 0.0625. The highest BCUT2D eigenvalue weighted by Crippen LogP contribution is 2.48. The standard InChI is InChI=1S/C29H19NOS.C3H6/c1-31-25-12-6-10-21-27-26-20-9-4-5-11-23(20)30-24(26)16-22(29(27)32-28(21)25)19-14-13-17-7-2-3-8-18(17)15-19;1-3-2/h2-16,30H,1H3;3H,1H2,2H3. The largest absolute Gasteiger partial charge is 0.495 e. The first-order valence-electron chi connectivity index (χ1n) is 11.7. The predicted molar refractivity (Wildman–Crippen MR) is 154 cm³/mol. The number of aromatic nitrogens is 1. The van der Waals surface area contributed by atoms with Gasteiger partial charge in [0.15, 0.2) is 0 Å². The summed E-state index contributed by atoms with van der Waals surface area (Å²) in [5.74, 6) is 0.932. The third-order valence-corrected chi connectivity index (χ3v) is 7.73. The quantitative estimate of drug-likeness (QED) is 0.249. The van der Waals surface area contributed by atoms with Crippen LogP contribution in [-0.4, -0.2) is 12.1 Å². The Morgan fingerprint density at radius 2 is 1.49 bits per heavy atom. The van der Waals surface area contributed by atoms with Crippen molar-refractivity contribution in [1.29, 1.82) is 0 Å². The van der Waals surface area contributed by atoms with Crippen LogP contribution in [0.1, 0.15) is 6.92 Å². The molecule has 0 unspecified atom stereocenters. The Bertz CT molecular complexity index is 1870. The van der Waals surface area contributed by atoms with E-state index in [4.69, 9.17) is 4.74 Å². The van der Waals surface area contributed by atoms with Crippen LogP contribution in [0, 0.1) is 0 Å². The van der Waals surface area contributed by atoms with Gasteiger partial charge in [-0.2, -0.15) is 0 Å². The molecular formula is C32H25NOS. The van der Waals surface area contributed by atoms with Gasteiger partial charge >= 0.3 is 0 Å². The van der Waals surface area contributed by atoms with Crippen molar-refractivity contribution in [2.45, 2.75) is 6.92 Å². The second kappa shape index (κ2) is 8.61. The fourth-order valence-electron chi connectivity index (χ4n) is 5.01. The first-order chi connectivity index (χ1) is 17.2. The molecule has 0 spiro atoms. The van der Waals surface area contributed by atoms with Crippen LogP contribution >= 0.6 is 11.3 Å². The zero-order chi connectivity index (χ0) is 23.9. The lowest BCUT2D eigenvalue weighted by atomic mass is 9.97. The first-order valence-corrected chi connectivity index (χ1v) is 12.5. The average molecular weight is 472 g/mol. The fourth-order valence-corrected chi connectivity index (χ4v) is 6.35. The summed E-state index contributed by atoms with van der Waals surface area (Å²) in [5, 5.41) is 7.63. The molecule has 2 nitrogen and oxygen atoms in total. The Morgan fingerprint density at radius 3 is 2.31 bits per heavy atom. The second-order valence-electron chi connectivity index (χ2n) is 8.63. The molecule has 0 aliphatic rings. The molecular weight excluding hydrogens is 446 g/mol. The monoisotopic (exact) mass is 471 g/mol. The third kappa shape index (κ3) is 3.39. The number of hydrogen-bond acceptors (Lipinski definition) is 2. The van der Waals surface area contributed by atoms with E-state index in [0.717, 1.165) is 5.75 Å². The number of hydrogen-bond donors (Lipinski definition) is 1. The summed E-state index contributed by atoms with van der Waals surface area (Å²) in [6, 6.07) is 32.6. The van der Waals surface area contributed by atoms with Crippen LogP contribution < -0.4 is 4.74 Å². The number of allylic oxidation sites excluding steroid dienone is 1. The van der Waals surface area contributed by atoms with Gasteiger partial charge < -0.3 is 9.72 Å². The molecule has 0 saturated carbocycles. The normalized spacial score (nSPS) is 11.3. The van der Waals surface area contributed by atoms with Gasteiger partial charge in [0.25, 0.3) is 0 Å². The summed E-state index contributed by atoms with van der Waals surface area (Å²) >= 11 is 1.83. The Hall–Kier alpha value is -4.08. The minimum absolute atomic E-state index is 0.932. The second-order valence-corrected chi connectivity index (χ2v) is 9.65. The number of para-hydroxylation sites is 1. The summed E-state index contributed by atoms with van der Waals surface area (Å²) in [5.41, 5.74) is 4.83. The molecule has 2 heterocycles. The average Bonchev–Trinajstić information content (AvgIpc) is 3.46. The maximum atomic E-state index is 5.74. The van der Waals surface area contributed by atoms with Crippen LogP contribution in [0.5, 0.6) is 5.75 Å². The van der Waals surface area contributed by atoms with E-state index < -0.39 is 0 Å². The summed E-state index contributed by atoms with van der Waals surface area (Å²) < 4.78 is 8.25. The molecule has 0 amide bonds. The van der Waals surface area contributed by atoms with Gasteiger partial charge in [-0.1, -0.05) is 72.8 Å². The van der Waals surface area contributed by atoms with Crippen molar-refractivity contribution in [1.82, 2.24) is 4.98 Å². The number of benzene rings is 5. The lowest BCUT2D eigenvalue weighted by Crippen LogP contribution is -1.82. The minimum Gasteiger partial charge on any atom is -0.495 e. The van der Waals surface area contributed by atoms with Crippen molar-refractivity contribution in [2.24, 2.45) is 0 Å². The molecule has 5 aromatic carbocycles. The molecule has 1 N–H and O–H groups in total. The Kier molecular flexibility index (Phi) is 5.28. The Labute approximate surface area is 208 Å². The van der Waals surface area contributed by atoms with Gasteiger partial charge in [0.05, 0.1) is 11.8 Å². The third-order valence-electron chi connectivity index (χ3n) is 6.48. The number of thiophene rings is 1. The summed E-state index contributed by atoms with van der Waals surface area (Å²) in [4.78, 5) is 3.67. The SMILES string of the molecule is C=CC.COc1cccc2c1sc1c(-c3ccc4ccccc4c3)cc3[nH]c4ccccc4c3c12. The van der Waals surface area contributed by atoms with Gasteiger partial charge in [0.2, 0.25) is 0 Å². The van der Waals surface area contributed by atoms with Gasteiger partial charge in [-0.15, -0.1) is 17.9 Å². The van der Waals surface area contributed by atoms with Crippen molar-refractivity contribution in [3.63, 3.8) is 0 Å². The van der Waals surface area contributed by atoms with Crippen LogP contribution in [0.3, 0.4) is 0 Å². The van der Waals surface area contributed by atoms with Crippen LogP contribution in [-0.2, 0) is 0 Å². The van der Waals surface area contributed by atoms with Gasteiger partial charge in [-0.05, 0) is 47.5 Å². The van der Waals surface area contributed by atoms with E-state index in [1.54, 1.807) is 13.2 Å². The van der Waals surface area contributed by atoms with E-state index >= 15 is 0 Å². The first kappa shape index (κ1) is 21.5. The van der Waals surface area contributed by atoms with Gasteiger partial charge in [-0.3, -0.25) is 0 Å². The van der Waals surface area contributed by atoms with Crippen molar-refractivity contribution < 1.29 is 4.74 Å². The highest BCUT2D eigenvalue weighted by atomic mass is 32.1. The van der Waals surface area contributed by atoms with Crippen molar-refractivity contribution in [3.8, 4) is 16.9 Å². The van der Waals surface area contributed by atoms with E-state index in [-0.39, 0.29) is 0 Å². The van der Waals surface area contributed by atoms with E-state index in [2.05, 4.69) is 103 Å². The zero-order valence-corrected chi connectivity index (χ0v) is 20.6. The van der Waals surface area contributed by atoms with Crippen LogP contribution in [0.15, 0.2) is 104 Å². The molecule has 3 heteroatoms. The molecule has 7 aromatic rings. The maximum absolute atomic E-state index is 5.74. The smallest absolute Gasteiger partial charge is 0.136 e. The van der Waals surface area contributed by atoms with Crippen molar-refractivity contribution in [3.05, 3.63) is 104 Å². The molecule has 0 radical (unpaired) electrons. The molecule has 0 fully saturated rings. The van der Waals surface area contributed by atoms with Gasteiger partial charge in [0, 0.05) is 42.8 Å². The van der Waals surface area contributed by atoms with E-state index in [1.165, 1.54) is 63.9 Å². The predicted octanol–water partition coefficient (Wildman–Crippen LogP) is 9.71. The lowest BCUT2D eigenvalue weighted by Gasteiger charge is -2.08. The highest BCUT2D eigenvalue weighted by molar-refractivity contribution is 7.27. The number of H-pyrrole nitrogens is 1. The Morgan fingerprint density at radius 1 is 0.743 bits per heavy atom. The van der Waals surface area contributed by atoms with Crippen LogP contribution in [0.2, 0.25) is 0 Å². The topological polar surface area (TPSA) is 25.0 Å². The van der Waals surface area contributed by atoms with Crippen molar-refractivity contribution in [2.75, 3.05) is 7.11 Å². The van der Waals surface area contributed by atoms with E-state index in [1.807, 2.05) is 18.3 Å². The molecule has 0 atom stereocenters. The number of methoxy groups -OCH3 is 1. The molecule has 35 heavy (non-hydrogen) atoms. The number of fused-ring (bicyclic) bond motifs is 8. The molecule has 0 bridgehead atoms. The summed E-state index contributed by atoms with van der Waals surface area (Å²) in [6.07, 6.45) is 1.75.